The summed E-state index contributed by atoms with van der Waals surface area (Å²) in [7, 11) is 1.44. The smallest absolute Gasteiger partial charge is 0.325 e. The van der Waals surface area contributed by atoms with E-state index in [1.165, 1.54) is 7.11 Å². The van der Waals surface area contributed by atoms with Crippen LogP contribution in [-0.2, 0) is 9.53 Å². The number of rotatable bonds is 7. The van der Waals surface area contributed by atoms with Crippen LogP contribution in [0.1, 0.15) is 26.2 Å². The van der Waals surface area contributed by atoms with Gasteiger partial charge >= 0.3 is 5.97 Å². The van der Waals surface area contributed by atoms with Crippen LogP contribution in [0.4, 0.5) is 0 Å². The highest BCUT2D eigenvalue weighted by Gasteiger charge is 2.38. The third-order valence-corrected chi connectivity index (χ3v) is 4.70. The number of esters is 1. The first kappa shape index (κ1) is 15.8. The van der Waals surface area contributed by atoms with Crippen molar-refractivity contribution in [1.82, 2.24) is 10.3 Å². The molecule has 4 nitrogen and oxygen atoms in total. The van der Waals surface area contributed by atoms with Crippen LogP contribution in [0.5, 0.6) is 0 Å². The maximum atomic E-state index is 12.0. The molecule has 1 aliphatic carbocycles. The number of ether oxygens (including phenoxy) is 1. The Hall–Kier alpha value is -0.590. The van der Waals surface area contributed by atoms with Crippen molar-refractivity contribution in [3.63, 3.8) is 0 Å². The van der Waals surface area contributed by atoms with E-state index in [1.807, 2.05) is 19.1 Å². The third-order valence-electron chi connectivity index (χ3n) is 3.29. The number of hydrogen-bond acceptors (Lipinski definition) is 5. The van der Waals surface area contributed by atoms with Gasteiger partial charge in [-0.15, -0.1) is 11.8 Å². The molecule has 1 unspecified atom stereocenters. The first-order valence-corrected chi connectivity index (χ1v) is 8.42. The quantitative estimate of drug-likeness (QED) is 0.599. The van der Waals surface area contributed by atoms with E-state index in [0.717, 1.165) is 34.5 Å². The van der Waals surface area contributed by atoms with Gasteiger partial charge in [0.1, 0.15) is 5.54 Å². The zero-order valence-electron chi connectivity index (χ0n) is 11.7. The molecule has 1 saturated carbocycles. The van der Waals surface area contributed by atoms with Crippen molar-refractivity contribution in [3.8, 4) is 0 Å². The molecule has 20 heavy (non-hydrogen) atoms. The molecule has 1 aliphatic rings. The first-order valence-electron chi connectivity index (χ1n) is 6.64. The van der Waals surface area contributed by atoms with Gasteiger partial charge in [0.2, 0.25) is 0 Å². The Morgan fingerprint density at radius 3 is 2.90 bits per heavy atom. The Morgan fingerprint density at radius 1 is 1.60 bits per heavy atom. The van der Waals surface area contributed by atoms with Crippen LogP contribution in [0.3, 0.4) is 0 Å². The molecule has 1 heterocycles. The Balaban J connectivity index is 1.87. The number of aromatic nitrogens is 1. The number of carbonyl (C=O) groups is 1. The lowest BCUT2D eigenvalue weighted by molar-refractivity contribution is -0.148. The summed E-state index contributed by atoms with van der Waals surface area (Å²) in [5, 5.41) is 4.36. The maximum Gasteiger partial charge on any atom is 0.325 e. The van der Waals surface area contributed by atoms with Crippen molar-refractivity contribution in [2.24, 2.45) is 0 Å². The van der Waals surface area contributed by atoms with Crippen molar-refractivity contribution >= 4 is 33.7 Å². The number of nitrogens with zero attached hydrogens (tertiary/aromatic N) is 1. The zero-order valence-corrected chi connectivity index (χ0v) is 14.1. The van der Waals surface area contributed by atoms with E-state index in [1.54, 1.807) is 18.0 Å². The van der Waals surface area contributed by atoms with Gasteiger partial charge in [0.15, 0.2) is 0 Å². The SMILES string of the molecule is COC(=O)C(C)(CCSc1ccc(Br)cn1)NC1CC1. The molecular weight excluding hydrogens is 340 g/mol. The summed E-state index contributed by atoms with van der Waals surface area (Å²) in [6.45, 7) is 1.92. The van der Waals surface area contributed by atoms with Gasteiger partial charge in [-0.1, -0.05) is 0 Å². The standard InChI is InChI=1S/C14H19BrN2O2S/c1-14(13(18)19-2,17-11-4-5-11)7-8-20-12-6-3-10(15)9-16-12/h3,6,9,11,17H,4-5,7-8H2,1-2H3. The lowest BCUT2D eigenvalue weighted by atomic mass is 9.99. The molecule has 0 spiro atoms. The summed E-state index contributed by atoms with van der Waals surface area (Å²) in [4.78, 5) is 16.3. The van der Waals surface area contributed by atoms with E-state index in [0.29, 0.717) is 6.04 Å². The number of thioether (sulfide) groups is 1. The monoisotopic (exact) mass is 358 g/mol. The second-order valence-corrected chi connectivity index (χ2v) is 7.19. The first-order chi connectivity index (χ1) is 9.53. The number of pyridine rings is 1. The number of nitrogens with one attached hydrogen (secondary N) is 1. The molecule has 0 radical (unpaired) electrons. The molecular formula is C14H19BrN2O2S. The van der Waals surface area contributed by atoms with Gasteiger partial charge in [0.25, 0.3) is 0 Å². The van der Waals surface area contributed by atoms with Crippen molar-refractivity contribution in [2.75, 3.05) is 12.9 Å². The molecule has 1 atom stereocenters. The van der Waals surface area contributed by atoms with Gasteiger partial charge in [-0.05, 0) is 54.2 Å². The summed E-state index contributed by atoms with van der Waals surface area (Å²) in [5.41, 5.74) is -0.599. The fourth-order valence-electron chi connectivity index (χ4n) is 1.94. The highest BCUT2D eigenvalue weighted by atomic mass is 79.9. The van der Waals surface area contributed by atoms with E-state index in [-0.39, 0.29) is 5.97 Å². The van der Waals surface area contributed by atoms with Gasteiger partial charge in [-0.25, -0.2) is 4.98 Å². The predicted molar refractivity (Wildman–Crippen MR) is 83.9 cm³/mol. The summed E-state index contributed by atoms with van der Waals surface area (Å²) >= 11 is 5.02. The summed E-state index contributed by atoms with van der Waals surface area (Å²) < 4.78 is 5.90. The minimum Gasteiger partial charge on any atom is -0.468 e. The maximum absolute atomic E-state index is 12.0. The number of hydrogen-bond donors (Lipinski definition) is 1. The van der Waals surface area contributed by atoms with Gasteiger partial charge < -0.3 is 4.74 Å². The molecule has 0 saturated heterocycles. The fraction of sp³-hybridized carbons (Fsp3) is 0.571. The molecule has 6 heteroatoms. The van der Waals surface area contributed by atoms with Crippen LogP contribution in [-0.4, -0.2) is 35.4 Å². The van der Waals surface area contributed by atoms with Crippen LogP contribution in [0, 0.1) is 0 Å². The van der Waals surface area contributed by atoms with Crippen LogP contribution in [0.15, 0.2) is 27.8 Å². The number of carbonyl (C=O) groups excluding carboxylic acids is 1. The lowest BCUT2D eigenvalue weighted by Gasteiger charge is -2.28. The van der Waals surface area contributed by atoms with E-state index in [9.17, 15) is 4.79 Å². The van der Waals surface area contributed by atoms with E-state index < -0.39 is 5.54 Å². The van der Waals surface area contributed by atoms with E-state index >= 15 is 0 Å². The second-order valence-electron chi connectivity index (χ2n) is 5.16. The van der Waals surface area contributed by atoms with Gasteiger partial charge in [0, 0.05) is 22.5 Å². The summed E-state index contributed by atoms with van der Waals surface area (Å²) in [6.07, 6.45) is 4.80. The molecule has 0 amide bonds. The number of halogens is 1. The van der Waals surface area contributed by atoms with Crippen molar-refractivity contribution < 1.29 is 9.53 Å². The minimum atomic E-state index is -0.599. The van der Waals surface area contributed by atoms with E-state index in [4.69, 9.17) is 4.74 Å². The highest BCUT2D eigenvalue weighted by molar-refractivity contribution is 9.10. The summed E-state index contributed by atoms with van der Waals surface area (Å²) in [6, 6.07) is 4.41. The average Bonchev–Trinajstić information content (AvgIpc) is 3.24. The van der Waals surface area contributed by atoms with Crippen LogP contribution < -0.4 is 5.32 Å². The molecule has 0 bridgehead atoms. The van der Waals surface area contributed by atoms with Crippen LogP contribution in [0.2, 0.25) is 0 Å². The molecule has 1 aromatic heterocycles. The van der Waals surface area contributed by atoms with Crippen molar-refractivity contribution in [1.29, 1.82) is 0 Å². The van der Waals surface area contributed by atoms with Gasteiger partial charge in [0.05, 0.1) is 12.1 Å². The zero-order chi connectivity index (χ0) is 14.6. The highest BCUT2D eigenvalue weighted by Crippen LogP contribution is 2.27. The predicted octanol–water partition coefficient (Wildman–Crippen LogP) is 3.01. The van der Waals surface area contributed by atoms with Crippen molar-refractivity contribution in [3.05, 3.63) is 22.8 Å². The van der Waals surface area contributed by atoms with Crippen molar-refractivity contribution in [2.45, 2.75) is 42.8 Å². The molecule has 110 valence electrons. The van der Waals surface area contributed by atoms with Crippen LogP contribution >= 0.6 is 27.7 Å². The largest absolute Gasteiger partial charge is 0.468 e. The van der Waals surface area contributed by atoms with E-state index in [2.05, 4.69) is 26.2 Å². The molecule has 1 fully saturated rings. The molecule has 0 aliphatic heterocycles. The Bertz CT molecular complexity index is 465. The Kier molecular flexibility index (Phi) is 5.46. The number of methoxy groups -OCH3 is 1. The molecule has 0 aromatic carbocycles. The van der Waals surface area contributed by atoms with Gasteiger partial charge in [-0.2, -0.15) is 0 Å². The molecule has 2 rings (SSSR count). The lowest BCUT2D eigenvalue weighted by Crippen LogP contribution is -2.51. The molecule has 1 N–H and O–H groups in total. The normalized spacial score (nSPS) is 17.6. The Morgan fingerprint density at radius 2 is 2.35 bits per heavy atom. The third kappa shape index (κ3) is 4.46. The fourth-order valence-corrected chi connectivity index (χ4v) is 3.19. The Labute approximate surface area is 132 Å². The molecule has 1 aromatic rings. The minimum absolute atomic E-state index is 0.186. The summed E-state index contributed by atoms with van der Waals surface area (Å²) in [5.74, 6) is 0.633. The average molecular weight is 359 g/mol. The van der Waals surface area contributed by atoms with Gasteiger partial charge in [-0.3, -0.25) is 10.1 Å². The topological polar surface area (TPSA) is 51.2 Å². The van der Waals surface area contributed by atoms with Crippen LogP contribution in [0.25, 0.3) is 0 Å². The second kappa shape index (κ2) is 6.91.